The summed E-state index contributed by atoms with van der Waals surface area (Å²) < 4.78 is 5.78. The van der Waals surface area contributed by atoms with Gasteiger partial charge in [-0.2, -0.15) is 0 Å². The minimum absolute atomic E-state index is 0.160. The van der Waals surface area contributed by atoms with E-state index in [2.05, 4.69) is 12.1 Å². The Labute approximate surface area is 96.7 Å². The van der Waals surface area contributed by atoms with Gasteiger partial charge in [0.05, 0.1) is 11.8 Å². The maximum Gasteiger partial charge on any atom is 0.128 e. The van der Waals surface area contributed by atoms with Crippen LogP contribution in [0.3, 0.4) is 0 Å². The van der Waals surface area contributed by atoms with E-state index in [4.69, 9.17) is 9.94 Å². The van der Waals surface area contributed by atoms with Crippen molar-refractivity contribution in [1.82, 2.24) is 0 Å². The van der Waals surface area contributed by atoms with Crippen LogP contribution in [0.25, 0.3) is 0 Å². The number of oxime groups is 1. The largest absolute Gasteiger partial charge is 0.490 e. The van der Waals surface area contributed by atoms with Crippen LogP contribution in [0.1, 0.15) is 38.3 Å². The molecule has 1 N–H and O–H groups in total. The second-order valence-corrected chi connectivity index (χ2v) is 4.02. The number of hydrogen-bond donors (Lipinski definition) is 1. The van der Waals surface area contributed by atoms with Crippen LogP contribution < -0.4 is 4.74 Å². The summed E-state index contributed by atoms with van der Waals surface area (Å²) >= 11 is 0. The molecular formula is C13H19NO2. The van der Waals surface area contributed by atoms with Crippen molar-refractivity contribution in [3.05, 3.63) is 29.3 Å². The Kier molecular flexibility index (Phi) is 4.35. The summed E-state index contributed by atoms with van der Waals surface area (Å²) in [5, 5.41) is 12.1. The minimum atomic E-state index is 0.160. The second-order valence-electron chi connectivity index (χ2n) is 4.02. The summed E-state index contributed by atoms with van der Waals surface area (Å²) in [6.07, 6.45) is 1.11. The normalized spacial score (nSPS) is 13.6. The van der Waals surface area contributed by atoms with E-state index < -0.39 is 0 Å². The average Bonchev–Trinajstić information content (AvgIpc) is 2.30. The van der Waals surface area contributed by atoms with E-state index in [-0.39, 0.29) is 6.10 Å². The second kappa shape index (κ2) is 5.54. The van der Waals surface area contributed by atoms with Gasteiger partial charge in [-0.3, -0.25) is 0 Å². The van der Waals surface area contributed by atoms with Gasteiger partial charge in [-0.1, -0.05) is 23.7 Å². The van der Waals surface area contributed by atoms with E-state index in [0.29, 0.717) is 5.71 Å². The molecule has 3 heteroatoms. The van der Waals surface area contributed by atoms with Crippen molar-refractivity contribution in [2.45, 2.75) is 40.2 Å². The summed E-state index contributed by atoms with van der Waals surface area (Å²) in [5.74, 6) is 0.773. The van der Waals surface area contributed by atoms with E-state index >= 15 is 0 Å². The fourth-order valence-electron chi connectivity index (χ4n) is 1.38. The van der Waals surface area contributed by atoms with E-state index in [0.717, 1.165) is 23.3 Å². The fraction of sp³-hybridized carbons (Fsp3) is 0.462. The van der Waals surface area contributed by atoms with Crippen LogP contribution in [0.4, 0.5) is 0 Å². The van der Waals surface area contributed by atoms with Gasteiger partial charge in [-0.15, -0.1) is 0 Å². The number of nitrogens with zero attached hydrogens (tertiary/aromatic N) is 1. The molecule has 88 valence electrons. The molecule has 0 aliphatic carbocycles. The minimum Gasteiger partial charge on any atom is -0.490 e. The number of ether oxygens (including phenoxy) is 1. The molecule has 1 aromatic carbocycles. The maximum absolute atomic E-state index is 8.83. The molecule has 1 atom stereocenters. The number of rotatable bonds is 4. The third kappa shape index (κ3) is 2.99. The number of benzene rings is 1. The smallest absolute Gasteiger partial charge is 0.128 e. The fourth-order valence-corrected chi connectivity index (χ4v) is 1.38. The van der Waals surface area contributed by atoms with Gasteiger partial charge in [0.1, 0.15) is 5.75 Å². The predicted molar refractivity (Wildman–Crippen MR) is 65.6 cm³/mol. The first-order valence-electron chi connectivity index (χ1n) is 5.54. The Morgan fingerprint density at radius 3 is 2.75 bits per heavy atom. The molecule has 0 fully saturated rings. The SMILES string of the molecule is CCC(C)Oc1ccc(C)cc1/C(C)=N/O. The van der Waals surface area contributed by atoms with Crippen LogP contribution in [0, 0.1) is 6.92 Å². The van der Waals surface area contributed by atoms with Gasteiger partial charge >= 0.3 is 0 Å². The van der Waals surface area contributed by atoms with Gasteiger partial charge in [0, 0.05) is 5.56 Å². The first kappa shape index (κ1) is 12.6. The summed E-state index contributed by atoms with van der Waals surface area (Å²) in [6, 6.07) is 5.88. The molecule has 1 unspecified atom stereocenters. The van der Waals surface area contributed by atoms with E-state index in [9.17, 15) is 0 Å². The van der Waals surface area contributed by atoms with Crippen molar-refractivity contribution in [2.24, 2.45) is 5.16 Å². The van der Waals surface area contributed by atoms with Gasteiger partial charge < -0.3 is 9.94 Å². The number of aryl methyl sites for hydroxylation is 1. The van der Waals surface area contributed by atoms with Gasteiger partial charge in [0.25, 0.3) is 0 Å². The maximum atomic E-state index is 8.83. The zero-order chi connectivity index (χ0) is 12.1. The molecule has 1 aromatic rings. The predicted octanol–water partition coefficient (Wildman–Crippen LogP) is 3.37. The molecule has 0 bridgehead atoms. The first-order valence-corrected chi connectivity index (χ1v) is 5.54. The molecule has 0 saturated carbocycles. The Morgan fingerprint density at radius 1 is 1.50 bits per heavy atom. The standard InChI is InChI=1S/C13H19NO2/c1-5-10(3)16-13-7-6-9(2)8-12(13)11(4)14-15/h6-8,10,15H,5H2,1-4H3/b14-11+. The molecule has 0 aromatic heterocycles. The van der Waals surface area contributed by atoms with Crippen LogP contribution in [0.5, 0.6) is 5.75 Å². The highest BCUT2D eigenvalue weighted by molar-refractivity contribution is 6.00. The molecule has 3 nitrogen and oxygen atoms in total. The highest BCUT2D eigenvalue weighted by Gasteiger charge is 2.10. The molecule has 0 saturated heterocycles. The van der Waals surface area contributed by atoms with Crippen LogP contribution in [0.15, 0.2) is 23.4 Å². The number of hydrogen-bond acceptors (Lipinski definition) is 3. The van der Waals surface area contributed by atoms with Crippen molar-refractivity contribution in [3.63, 3.8) is 0 Å². The molecule has 0 heterocycles. The lowest BCUT2D eigenvalue weighted by molar-refractivity contribution is 0.217. The van der Waals surface area contributed by atoms with Crippen molar-refractivity contribution in [3.8, 4) is 5.75 Å². The third-order valence-corrected chi connectivity index (χ3v) is 2.58. The Morgan fingerprint density at radius 2 is 2.19 bits per heavy atom. The zero-order valence-electron chi connectivity index (χ0n) is 10.3. The average molecular weight is 221 g/mol. The van der Waals surface area contributed by atoms with E-state index in [1.54, 1.807) is 6.92 Å². The van der Waals surface area contributed by atoms with Crippen LogP contribution in [0.2, 0.25) is 0 Å². The quantitative estimate of drug-likeness (QED) is 0.481. The summed E-state index contributed by atoms with van der Waals surface area (Å²) in [6.45, 7) is 7.86. The Hall–Kier alpha value is -1.51. The monoisotopic (exact) mass is 221 g/mol. The van der Waals surface area contributed by atoms with E-state index in [1.807, 2.05) is 32.0 Å². The summed E-state index contributed by atoms with van der Waals surface area (Å²) in [4.78, 5) is 0. The van der Waals surface area contributed by atoms with Gasteiger partial charge in [0.15, 0.2) is 0 Å². The van der Waals surface area contributed by atoms with Gasteiger partial charge in [-0.25, -0.2) is 0 Å². The van der Waals surface area contributed by atoms with Gasteiger partial charge in [0.2, 0.25) is 0 Å². The molecule has 0 amide bonds. The first-order chi connectivity index (χ1) is 7.58. The lowest BCUT2D eigenvalue weighted by atomic mass is 10.1. The van der Waals surface area contributed by atoms with E-state index in [1.165, 1.54) is 0 Å². The molecule has 16 heavy (non-hydrogen) atoms. The van der Waals surface area contributed by atoms with Crippen molar-refractivity contribution in [1.29, 1.82) is 0 Å². The highest BCUT2D eigenvalue weighted by Crippen LogP contribution is 2.22. The molecule has 0 aliphatic rings. The Balaban J connectivity index is 3.08. The van der Waals surface area contributed by atoms with Crippen molar-refractivity contribution >= 4 is 5.71 Å². The molecular weight excluding hydrogens is 202 g/mol. The molecule has 0 radical (unpaired) electrons. The van der Waals surface area contributed by atoms with Crippen LogP contribution >= 0.6 is 0 Å². The van der Waals surface area contributed by atoms with Crippen molar-refractivity contribution < 1.29 is 9.94 Å². The topological polar surface area (TPSA) is 41.8 Å². The zero-order valence-corrected chi connectivity index (χ0v) is 10.3. The van der Waals surface area contributed by atoms with Gasteiger partial charge in [-0.05, 0) is 39.3 Å². The van der Waals surface area contributed by atoms with Crippen molar-refractivity contribution in [2.75, 3.05) is 0 Å². The summed E-state index contributed by atoms with van der Waals surface area (Å²) in [7, 11) is 0. The molecule has 0 spiro atoms. The molecule has 0 aliphatic heterocycles. The summed E-state index contributed by atoms with van der Waals surface area (Å²) in [5.41, 5.74) is 2.54. The highest BCUT2D eigenvalue weighted by atomic mass is 16.5. The Bertz CT molecular complexity index is 386. The lowest BCUT2D eigenvalue weighted by Crippen LogP contribution is -2.12. The molecule has 1 rings (SSSR count). The van der Waals surface area contributed by atoms with Crippen LogP contribution in [-0.2, 0) is 0 Å². The van der Waals surface area contributed by atoms with Crippen LogP contribution in [-0.4, -0.2) is 17.0 Å². The lowest BCUT2D eigenvalue weighted by Gasteiger charge is -2.16. The third-order valence-electron chi connectivity index (χ3n) is 2.58.